The standard InChI is InChI=1S/C12H10.C8H6NO2PS/c1-3-7-11(8-4-1)12-9-5-2-6-10-12;1-10-8-4-6(5-9)2-3-7(8)11-12-13/h1-10H;2-4H,1H3. The van der Waals surface area contributed by atoms with E-state index in [0.29, 0.717) is 24.6 Å². The number of benzene rings is 3. The molecule has 0 aromatic heterocycles. The SMILES string of the molecule is COc1cc(C#N)ccc1OP=S.c1ccc(-c2ccccc2)cc1. The molecular weight excluding hydrogens is 349 g/mol. The number of nitrogens with zero attached hydrogens (tertiary/aromatic N) is 1. The maximum Gasteiger partial charge on any atom is 0.205 e. The molecule has 3 aromatic carbocycles. The van der Waals surface area contributed by atoms with Crippen molar-refractivity contribution in [3.8, 4) is 28.7 Å². The van der Waals surface area contributed by atoms with Crippen molar-refractivity contribution < 1.29 is 9.26 Å². The fourth-order valence-corrected chi connectivity index (χ4v) is 2.59. The fourth-order valence-electron chi connectivity index (χ4n) is 2.11. The number of methoxy groups -OCH3 is 1. The average molecular weight is 365 g/mol. The first kappa shape index (κ1) is 18.6. The third-order valence-electron chi connectivity index (χ3n) is 3.31. The highest BCUT2D eigenvalue weighted by Gasteiger charge is 2.04. The van der Waals surface area contributed by atoms with Gasteiger partial charge >= 0.3 is 0 Å². The van der Waals surface area contributed by atoms with Crippen molar-refractivity contribution in [3.63, 3.8) is 0 Å². The summed E-state index contributed by atoms with van der Waals surface area (Å²) in [7, 11) is 1.90. The number of hydrogen-bond donors (Lipinski definition) is 0. The Balaban J connectivity index is 0.000000181. The van der Waals surface area contributed by atoms with Crippen LogP contribution in [0.15, 0.2) is 78.9 Å². The normalized spacial score (nSPS) is 9.44. The zero-order valence-electron chi connectivity index (χ0n) is 13.6. The van der Waals surface area contributed by atoms with Crippen LogP contribution in [0.25, 0.3) is 11.1 Å². The Morgan fingerprint density at radius 1 is 0.840 bits per heavy atom. The van der Waals surface area contributed by atoms with Gasteiger partial charge in [0.2, 0.25) is 7.58 Å². The topological polar surface area (TPSA) is 42.2 Å². The maximum absolute atomic E-state index is 8.61. The molecule has 0 amide bonds. The van der Waals surface area contributed by atoms with Gasteiger partial charge in [-0.25, -0.2) is 0 Å². The molecule has 3 nitrogen and oxygen atoms in total. The smallest absolute Gasteiger partial charge is 0.205 e. The lowest BCUT2D eigenvalue weighted by Crippen LogP contribution is -1.87. The summed E-state index contributed by atoms with van der Waals surface area (Å²) in [6, 6.07) is 27.7. The van der Waals surface area contributed by atoms with Crippen LogP contribution in [-0.2, 0) is 11.8 Å². The largest absolute Gasteiger partial charge is 0.493 e. The second-order valence-corrected chi connectivity index (χ2v) is 5.65. The number of ether oxygens (including phenoxy) is 1. The van der Waals surface area contributed by atoms with E-state index in [1.807, 2.05) is 18.2 Å². The van der Waals surface area contributed by atoms with Crippen LogP contribution in [0.3, 0.4) is 0 Å². The molecule has 0 saturated heterocycles. The van der Waals surface area contributed by atoms with Crippen LogP contribution in [0.4, 0.5) is 0 Å². The lowest BCUT2D eigenvalue weighted by Gasteiger charge is -2.05. The lowest BCUT2D eigenvalue weighted by molar-refractivity contribution is 0.399. The summed E-state index contributed by atoms with van der Waals surface area (Å²) in [5, 5.41) is 8.61. The van der Waals surface area contributed by atoms with Crippen LogP contribution < -0.4 is 9.26 Å². The first-order chi connectivity index (χ1) is 12.3. The van der Waals surface area contributed by atoms with Gasteiger partial charge in [0.05, 0.1) is 18.7 Å². The van der Waals surface area contributed by atoms with Crippen molar-refractivity contribution in [3.05, 3.63) is 84.4 Å². The van der Waals surface area contributed by atoms with Crippen LogP contribution in [-0.4, -0.2) is 7.11 Å². The molecule has 0 N–H and O–H groups in total. The highest BCUT2D eigenvalue weighted by atomic mass is 32.4. The minimum absolute atomic E-state index is 0.385. The molecule has 25 heavy (non-hydrogen) atoms. The van der Waals surface area contributed by atoms with E-state index >= 15 is 0 Å². The predicted molar refractivity (Wildman–Crippen MR) is 104 cm³/mol. The van der Waals surface area contributed by atoms with Crippen molar-refractivity contribution in [1.29, 1.82) is 5.26 Å². The molecule has 3 rings (SSSR count). The van der Waals surface area contributed by atoms with Gasteiger partial charge in [0.25, 0.3) is 0 Å². The number of rotatable bonds is 4. The summed E-state index contributed by atoms with van der Waals surface area (Å²) < 4.78 is 10.1. The first-order valence-corrected chi connectivity index (χ1v) is 9.29. The molecule has 0 bridgehead atoms. The molecule has 0 heterocycles. The molecule has 0 atom stereocenters. The van der Waals surface area contributed by atoms with Gasteiger partial charge in [-0.15, -0.1) is 0 Å². The van der Waals surface area contributed by atoms with E-state index < -0.39 is 0 Å². The molecule has 0 fully saturated rings. The zero-order chi connectivity index (χ0) is 17.9. The fraction of sp³-hybridized carbons (Fsp3) is 0.0500. The van der Waals surface area contributed by atoms with Crippen molar-refractivity contribution in [2.24, 2.45) is 0 Å². The second-order valence-electron chi connectivity index (χ2n) is 4.88. The molecule has 0 aliphatic heterocycles. The summed E-state index contributed by atoms with van der Waals surface area (Å²) in [4.78, 5) is 0. The van der Waals surface area contributed by atoms with Crippen molar-refractivity contribution in [1.82, 2.24) is 0 Å². The van der Waals surface area contributed by atoms with Crippen molar-refractivity contribution >= 4 is 19.4 Å². The summed E-state index contributed by atoms with van der Waals surface area (Å²) in [6.45, 7) is 0. The van der Waals surface area contributed by atoms with Gasteiger partial charge in [0.1, 0.15) is 0 Å². The quantitative estimate of drug-likeness (QED) is 0.563. The zero-order valence-corrected chi connectivity index (χ0v) is 15.3. The van der Waals surface area contributed by atoms with E-state index in [0.717, 1.165) is 0 Å². The summed E-state index contributed by atoms with van der Waals surface area (Å²) in [5.41, 5.74) is 3.08. The molecule has 0 radical (unpaired) electrons. The maximum atomic E-state index is 8.61. The third-order valence-corrected chi connectivity index (χ3v) is 3.80. The predicted octanol–water partition coefficient (Wildman–Crippen LogP) is 5.62. The average Bonchev–Trinajstić information content (AvgIpc) is 2.70. The third kappa shape index (κ3) is 5.69. The van der Waals surface area contributed by atoms with E-state index in [1.165, 1.54) is 18.2 Å². The Hall–Kier alpha value is -2.73. The summed E-state index contributed by atoms with van der Waals surface area (Å²) in [5.74, 6) is 1.08. The number of hydrogen-bond acceptors (Lipinski definition) is 4. The van der Waals surface area contributed by atoms with Gasteiger partial charge in [-0.05, 0) is 35.1 Å². The molecule has 0 saturated carbocycles. The van der Waals surface area contributed by atoms with Crippen LogP contribution >= 0.6 is 7.58 Å². The van der Waals surface area contributed by atoms with Gasteiger partial charge in [0, 0.05) is 6.07 Å². The van der Waals surface area contributed by atoms with Gasteiger partial charge in [-0.3, -0.25) is 0 Å². The highest BCUT2D eigenvalue weighted by molar-refractivity contribution is 7.94. The van der Waals surface area contributed by atoms with Gasteiger partial charge in [-0.2, -0.15) is 5.26 Å². The van der Waals surface area contributed by atoms with Crippen molar-refractivity contribution in [2.45, 2.75) is 0 Å². The Bertz CT molecular complexity index is 811. The van der Waals surface area contributed by atoms with E-state index in [1.54, 1.807) is 18.2 Å². The van der Waals surface area contributed by atoms with Gasteiger partial charge in [0.15, 0.2) is 11.5 Å². The molecule has 0 aliphatic carbocycles. The minimum atomic E-state index is 0.385. The van der Waals surface area contributed by atoms with Crippen LogP contribution in [0.5, 0.6) is 11.5 Å². The van der Waals surface area contributed by atoms with Crippen LogP contribution in [0, 0.1) is 11.3 Å². The summed E-state index contributed by atoms with van der Waals surface area (Å²) in [6.07, 6.45) is 0. The van der Waals surface area contributed by atoms with Crippen LogP contribution in [0.2, 0.25) is 0 Å². The van der Waals surface area contributed by atoms with E-state index in [9.17, 15) is 0 Å². The van der Waals surface area contributed by atoms with Crippen LogP contribution in [0.1, 0.15) is 5.56 Å². The van der Waals surface area contributed by atoms with Gasteiger partial charge in [-0.1, -0.05) is 60.7 Å². The first-order valence-electron chi connectivity index (χ1n) is 7.46. The van der Waals surface area contributed by atoms with E-state index in [-0.39, 0.29) is 0 Å². The summed E-state index contributed by atoms with van der Waals surface area (Å²) >= 11 is 4.63. The Labute approximate surface area is 154 Å². The van der Waals surface area contributed by atoms with Crippen molar-refractivity contribution in [2.75, 3.05) is 7.11 Å². The highest BCUT2D eigenvalue weighted by Crippen LogP contribution is 2.29. The molecular formula is C20H16NO2PS. The molecule has 0 spiro atoms. The lowest BCUT2D eigenvalue weighted by atomic mass is 10.1. The molecule has 124 valence electrons. The molecule has 0 aliphatic rings. The Morgan fingerprint density at radius 3 is 1.84 bits per heavy atom. The Kier molecular flexibility index (Phi) is 7.59. The monoisotopic (exact) mass is 365 g/mol. The van der Waals surface area contributed by atoms with Gasteiger partial charge < -0.3 is 9.26 Å². The van der Waals surface area contributed by atoms with E-state index in [4.69, 9.17) is 14.5 Å². The minimum Gasteiger partial charge on any atom is -0.493 e. The molecule has 5 heteroatoms. The molecule has 0 unspecified atom stereocenters. The molecule has 3 aromatic rings. The van der Waals surface area contributed by atoms with E-state index in [2.05, 4.69) is 60.3 Å². The Morgan fingerprint density at radius 2 is 1.40 bits per heavy atom. The number of nitriles is 1. The second kappa shape index (κ2) is 10.2.